The average molecular weight is 192 g/mol. The van der Waals surface area contributed by atoms with Crippen LogP contribution in [0.4, 0.5) is 0 Å². The lowest BCUT2D eigenvalue weighted by atomic mass is 10.2. The van der Waals surface area contributed by atoms with Gasteiger partial charge in [0, 0.05) is 13.3 Å². The van der Waals surface area contributed by atoms with E-state index >= 15 is 0 Å². The second-order valence-electron chi connectivity index (χ2n) is 3.08. The molecule has 0 aromatic rings. The van der Waals surface area contributed by atoms with Crippen molar-refractivity contribution < 1.29 is 18.4 Å². The highest BCUT2D eigenvalue weighted by Gasteiger charge is 2.39. The maximum Gasteiger partial charge on any atom is 0.396 e. The van der Waals surface area contributed by atoms with Crippen LogP contribution < -0.4 is 0 Å². The predicted molar refractivity (Wildman–Crippen MR) is 44.0 cm³/mol. The molecule has 1 fully saturated rings. The Bertz CT molecular complexity index is 224. The molecule has 1 rings (SSSR count). The van der Waals surface area contributed by atoms with Crippen LogP contribution in [0.3, 0.4) is 0 Å². The molecule has 1 aliphatic rings. The van der Waals surface area contributed by atoms with E-state index in [0.717, 1.165) is 0 Å². The van der Waals surface area contributed by atoms with Crippen LogP contribution in [-0.2, 0) is 18.4 Å². The summed E-state index contributed by atoms with van der Waals surface area (Å²) in [5.74, 6) is 0. The molecule has 4 nitrogen and oxygen atoms in total. The van der Waals surface area contributed by atoms with Crippen molar-refractivity contribution in [2.45, 2.75) is 39.4 Å². The van der Waals surface area contributed by atoms with Crippen molar-refractivity contribution in [3.63, 3.8) is 0 Å². The number of rotatable bonds is 1. The fourth-order valence-corrected chi connectivity index (χ4v) is 2.67. The second kappa shape index (κ2) is 3.29. The molecular weight excluding hydrogens is 179 g/mol. The predicted octanol–water partition coefficient (Wildman–Crippen LogP) is 1.94. The molecule has 70 valence electrons. The third-order valence-corrected chi connectivity index (χ3v) is 3.73. The summed E-state index contributed by atoms with van der Waals surface area (Å²) in [6.45, 7) is 4.80. The highest BCUT2D eigenvalue weighted by atomic mass is 31.2. The Morgan fingerprint density at radius 1 is 1.33 bits per heavy atom. The summed E-state index contributed by atoms with van der Waals surface area (Å²) < 4.78 is 21.5. The van der Waals surface area contributed by atoms with Gasteiger partial charge < -0.3 is 9.05 Å². The van der Waals surface area contributed by atoms with Crippen LogP contribution in [0, 0.1) is 0 Å². The fraction of sp³-hybridized carbons (Fsp3) is 0.857. The average Bonchev–Trinajstić information content (AvgIpc) is 1.82. The van der Waals surface area contributed by atoms with Gasteiger partial charge in [-0.3, -0.25) is 9.36 Å². The van der Waals surface area contributed by atoms with Gasteiger partial charge >= 0.3 is 7.60 Å². The number of carbonyl (C=O) groups excluding carboxylic acids is 1. The van der Waals surface area contributed by atoms with E-state index in [-0.39, 0.29) is 12.2 Å². The Hall–Kier alpha value is -0.180. The van der Waals surface area contributed by atoms with Crippen molar-refractivity contribution >= 4 is 13.1 Å². The van der Waals surface area contributed by atoms with Crippen molar-refractivity contribution in [1.29, 1.82) is 0 Å². The van der Waals surface area contributed by atoms with Gasteiger partial charge in [0.15, 0.2) is 0 Å². The molecule has 0 bridgehead atoms. The SMILES string of the molecule is CC(=O)P1(=O)OC(C)CC(C)O1. The number of hydrogen-bond donors (Lipinski definition) is 0. The first-order valence-electron chi connectivity index (χ1n) is 3.92. The number of hydrogen-bond acceptors (Lipinski definition) is 4. The van der Waals surface area contributed by atoms with Gasteiger partial charge in [0.2, 0.25) is 5.52 Å². The summed E-state index contributed by atoms with van der Waals surface area (Å²) >= 11 is 0. The van der Waals surface area contributed by atoms with Crippen LogP contribution in [0.15, 0.2) is 0 Å². The monoisotopic (exact) mass is 192 g/mol. The molecule has 0 amide bonds. The summed E-state index contributed by atoms with van der Waals surface area (Å²) in [5, 5.41) is 0. The van der Waals surface area contributed by atoms with E-state index in [2.05, 4.69) is 0 Å². The smallest absolute Gasteiger partial charge is 0.300 e. The van der Waals surface area contributed by atoms with E-state index < -0.39 is 13.1 Å². The molecule has 0 aliphatic carbocycles. The first kappa shape index (κ1) is 9.90. The van der Waals surface area contributed by atoms with Crippen molar-refractivity contribution in [3.8, 4) is 0 Å². The van der Waals surface area contributed by atoms with E-state index in [1.807, 2.05) is 0 Å². The summed E-state index contributed by atoms with van der Waals surface area (Å²) in [6.07, 6.45) is 0.351. The zero-order valence-electron chi connectivity index (χ0n) is 7.44. The first-order valence-corrected chi connectivity index (χ1v) is 5.46. The van der Waals surface area contributed by atoms with Crippen LogP contribution in [0.1, 0.15) is 27.2 Å². The zero-order valence-corrected chi connectivity index (χ0v) is 8.34. The van der Waals surface area contributed by atoms with Gasteiger partial charge in [-0.2, -0.15) is 0 Å². The zero-order chi connectivity index (χ0) is 9.35. The Morgan fingerprint density at radius 2 is 1.75 bits per heavy atom. The summed E-state index contributed by atoms with van der Waals surface area (Å²) in [4.78, 5) is 10.9. The maximum absolute atomic E-state index is 11.6. The van der Waals surface area contributed by atoms with Gasteiger partial charge in [0.05, 0.1) is 12.2 Å². The van der Waals surface area contributed by atoms with E-state index in [1.54, 1.807) is 13.8 Å². The first-order chi connectivity index (χ1) is 5.44. The van der Waals surface area contributed by atoms with Gasteiger partial charge in [-0.05, 0) is 13.8 Å². The van der Waals surface area contributed by atoms with Crippen LogP contribution in [-0.4, -0.2) is 17.7 Å². The lowest BCUT2D eigenvalue weighted by Crippen LogP contribution is -2.25. The lowest BCUT2D eigenvalue weighted by Gasteiger charge is -2.30. The highest BCUT2D eigenvalue weighted by molar-refractivity contribution is 7.71. The molecule has 1 saturated heterocycles. The van der Waals surface area contributed by atoms with Crippen molar-refractivity contribution in [2.75, 3.05) is 0 Å². The third kappa shape index (κ3) is 1.94. The minimum absolute atomic E-state index is 0.163. The molecule has 2 atom stereocenters. The van der Waals surface area contributed by atoms with Crippen molar-refractivity contribution in [2.24, 2.45) is 0 Å². The van der Waals surface area contributed by atoms with Crippen LogP contribution in [0.25, 0.3) is 0 Å². The van der Waals surface area contributed by atoms with Crippen LogP contribution in [0.5, 0.6) is 0 Å². The van der Waals surface area contributed by atoms with Gasteiger partial charge in [-0.15, -0.1) is 0 Å². The molecule has 1 aliphatic heterocycles. The van der Waals surface area contributed by atoms with E-state index in [4.69, 9.17) is 9.05 Å². The Labute approximate surface area is 71.8 Å². The third-order valence-electron chi connectivity index (χ3n) is 1.69. The topological polar surface area (TPSA) is 52.6 Å². The second-order valence-corrected chi connectivity index (χ2v) is 5.13. The van der Waals surface area contributed by atoms with Gasteiger partial charge in [-0.1, -0.05) is 0 Å². The Morgan fingerprint density at radius 3 is 2.08 bits per heavy atom. The summed E-state index contributed by atoms with van der Waals surface area (Å²) in [5.41, 5.74) is -0.513. The van der Waals surface area contributed by atoms with Gasteiger partial charge in [-0.25, -0.2) is 0 Å². The van der Waals surface area contributed by atoms with Gasteiger partial charge in [0.1, 0.15) is 0 Å². The van der Waals surface area contributed by atoms with E-state index in [0.29, 0.717) is 6.42 Å². The maximum atomic E-state index is 11.6. The quantitative estimate of drug-likeness (QED) is 0.595. The molecule has 0 N–H and O–H groups in total. The molecule has 5 heteroatoms. The van der Waals surface area contributed by atoms with E-state index in [9.17, 15) is 9.36 Å². The molecule has 0 aromatic carbocycles. The van der Waals surface area contributed by atoms with Crippen molar-refractivity contribution in [1.82, 2.24) is 0 Å². The minimum atomic E-state index is -3.44. The van der Waals surface area contributed by atoms with Gasteiger partial charge in [0.25, 0.3) is 0 Å². The highest BCUT2D eigenvalue weighted by Crippen LogP contribution is 2.54. The molecule has 2 unspecified atom stereocenters. The molecule has 12 heavy (non-hydrogen) atoms. The van der Waals surface area contributed by atoms with Crippen LogP contribution >= 0.6 is 7.60 Å². The molecule has 0 aromatic heterocycles. The molecule has 0 radical (unpaired) electrons. The molecule has 0 spiro atoms. The molecule has 1 heterocycles. The van der Waals surface area contributed by atoms with Crippen molar-refractivity contribution in [3.05, 3.63) is 0 Å². The largest absolute Gasteiger partial charge is 0.396 e. The van der Waals surface area contributed by atoms with Crippen LogP contribution in [0.2, 0.25) is 0 Å². The lowest BCUT2D eigenvalue weighted by molar-refractivity contribution is -0.113. The Kier molecular flexibility index (Phi) is 2.71. The summed E-state index contributed by atoms with van der Waals surface area (Å²) in [6, 6.07) is 0. The Balaban J connectivity index is 2.79. The fourth-order valence-electron chi connectivity index (χ4n) is 1.20. The summed E-state index contributed by atoms with van der Waals surface area (Å²) in [7, 11) is -3.44. The standard InChI is InChI=1S/C7H13O4P/c1-5-4-6(2)11-12(9,10-5)7(3)8/h5-6H,4H2,1-3H3. The molecular formula is C7H13O4P. The number of carbonyl (C=O) groups is 1. The minimum Gasteiger partial charge on any atom is -0.300 e. The van der Waals surface area contributed by atoms with E-state index in [1.165, 1.54) is 6.92 Å². The molecule has 0 saturated carbocycles. The normalized spacial score (nSPS) is 42.6.